The smallest absolute Gasteiger partial charge is 0.317 e. The van der Waals surface area contributed by atoms with Gasteiger partial charge in [0, 0.05) is 64.1 Å². The van der Waals surface area contributed by atoms with Gasteiger partial charge in [0.1, 0.15) is 5.82 Å². The molecular weight excluding hydrogens is 280 g/mol. The first-order valence-electron chi connectivity index (χ1n) is 7.47. The van der Waals surface area contributed by atoms with Crippen molar-refractivity contribution in [3.8, 4) is 0 Å². The lowest BCUT2D eigenvalue weighted by molar-refractivity contribution is 0.194. The summed E-state index contributed by atoms with van der Waals surface area (Å²) >= 11 is 0. The second-order valence-corrected chi connectivity index (χ2v) is 5.19. The van der Waals surface area contributed by atoms with Gasteiger partial charge < -0.3 is 19.7 Å². The second kappa shape index (κ2) is 6.93. The van der Waals surface area contributed by atoms with Gasteiger partial charge >= 0.3 is 6.03 Å². The molecule has 22 heavy (non-hydrogen) atoms. The van der Waals surface area contributed by atoms with E-state index >= 15 is 0 Å². The standard InChI is InChI=1S/C15H20N6O/c22-15(18-5-8-19-6-1-2-7-19)21-11-9-20(10-12-21)14-13-16-3-4-17-14/h1-4,6-7,13H,5,8-12H2,(H,18,22). The van der Waals surface area contributed by atoms with Crippen molar-refractivity contribution in [2.75, 3.05) is 37.6 Å². The molecular formula is C15H20N6O. The summed E-state index contributed by atoms with van der Waals surface area (Å²) < 4.78 is 2.05. The highest BCUT2D eigenvalue weighted by atomic mass is 16.2. The fourth-order valence-electron chi connectivity index (χ4n) is 2.52. The Bertz CT molecular complexity index is 577. The first kappa shape index (κ1) is 14.4. The molecule has 3 heterocycles. The van der Waals surface area contributed by atoms with E-state index in [1.54, 1.807) is 18.6 Å². The molecule has 0 saturated carbocycles. The van der Waals surface area contributed by atoms with Crippen molar-refractivity contribution in [1.29, 1.82) is 0 Å². The van der Waals surface area contributed by atoms with Crippen molar-refractivity contribution in [2.24, 2.45) is 0 Å². The van der Waals surface area contributed by atoms with Gasteiger partial charge in [0.25, 0.3) is 0 Å². The van der Waals surface area contributed by atoms with Crippen LogP contribution in [0.2, 0.25) is 0 Å². The van der Waals surface area contributed by atoms with Crippen LogP contribution in [0.25, 0.3) is 0 Å². The monoisotopic (exact) mass is 300 g/mol. The third-order valence-corrected chi connectivity index (χ3v) is 3.75. The van der Waals surface area contributed by atoms with Crippen molar-refractivity contribution in [3.63, 3.8) is 0 Å². The SMILES string of the molecule is O=C(NCCn1cccc1)N1CCN(c2cnccn2)CC1. The third kappa shape index (κ3) is 3.55. The van der Waals surface area contributed by atoms with Crippen molar-refractivity contribution in [1.82, 2.24) is 24.8 Å². The first-order chi connectivity index (χ1) is 10.8. The summed E-state index contributed by atoms with van der Waals surface area (Å²) in [6, 6.07) is 3.96. The Hall–Kier alpha value is -2.57. The number of piperazine rings is 1. The predicted octanol–water partition coefficient (Wildman–Crippen LogP) is 0.810. The minimum atomic E-state index is 0.00551. The Kier molecular flexibility index (Phi) is 4.53. The first-order valence-corrected chi connectivity index (χ1v) is 7.47. The lowest BCUT2D eigenvalue weighted by atomic mass is 10.3. The van der Waals surface area contributed by atoms with Gasteiger partial charge in [-0.25, -0.2) is 9.78 Å². The van der Waals surface area contributed by atoms with Gasteiger partial charge in [0.05, 0.1) is 6.20 Å². The molecule has 0 spiro atoms. The van der Waals surface area contributed by atoms with Crippen molar-refractivity contribution >= 4 is 11.8 Å². The normalized spacial score (nSPS) is 14.9. The molecule has 1 N–H and O–H groups in total. The van der Waals surface area contributed by atoms with Gasteiger partial charge in [-0.3, -0.25) is 4.98 Å². The molecule has 7 heteroatoms. The van der Waals surface area contributed by atoms with Crippen LogP contribution in [0.3, 0.4) is 0 Å². The fraction of sp³-hybridized carbons (Fsp3) is 0.400. The van der Waals surface area contributed by atoms with Gasteiger partial charge in [-0.2, -0.15) is 0 Å². The Morgan fingerprint density at radius 1 is 1.14 bits per heavy atom. The molecule has 116 valence electrons. The summed E-state index contributed by atoms with van der Waals surface area (Å²) in [4.78, 5) is 24.5. The molecule has 1 saturated heterocycles. The average molecular weight is 300 g/mol. The Morgan fingerprint density at radius 2 is 1.91 bits per heavy atom. The van der Waals surface area contributed by atoms with Crippen LogP contribution in [0, 0.1) is 0 Å². The summed E-state index contributed by atoms with van der Waals surface area (Å²) in [5.74, 6) is 0.871. The molecule has 1 aliphatic heterocycles. The molecule has 0 aromatic carbocycles. The van der Waals surface area contributed by atoms with Gasteiger partial charge in [0.2, 0.25) is 0 Å². The topological polar surface area (TPSA) is 66.3 Å². The van der Waals surface area contributed by atoms with E-state index in [0.717, 1.165) is 25.5 Å². The van der Waals surface area contributed by atoms with Crippen molar-refractivity contribution in [2.45, 2.75) is 6.54 Å². The van der Waals surface area contributed by atoms with Gasteiger partial charge in [-0.05, 0) is 12.1 Å². The Labute approximate surface area is 129 Å². The number of urea groups is 1. The maximum Gasteiger partial charge on any atom is 0.317 e. The molecule has 0 bridgehead atoms. The van der Waals surface area contributed by atoms with E-state index in [4.69, 9.17) is 0 Å². The maximum atomic E-state index is 12.1. The van der Waals surface area contributed by atoms with Crippen molar-refractivity contribution < 1.29 is 4.79 Å². The number of carbonyl (C=O) groups excluding carboxylic acids is 1. The third-order valence-electron chi connectivity index (χ3n) is 3.75. The number of rotatable bonds is 4. The number of hydrogen-bond donors (Lipinski definition) is 1. The van der Waals surface area contributed by atoms with Crippen LogP contribution in [-0.2, 0) is 6.54 Å². The predicted molar refractivity (Wildman–Crippen MR) is 83.6 cm³/mol. The number of anilines is 1. The number of carbonyl (C=O) groups is 1. The minimum absolute atomic E-state index is 0.00551. The highest BCUT2D eigenvalue weighted by molar-refractivity contribution is 5.74. The number of aromatic nitrogens is 3. The zero-order chi connectivity index (χ0) is 15.2. The van der Waals surface area contributed by atoms with Crippen LogP contribution in [0.4, 0.5) is 10.6 Å². The van der Waals surface area contributed by atoms with Crippen LogP contribution in [-0.4, -0.2) is 58.2 Å². The summed E-state index contributed by atoms with van der Waals surface area (Å²) in [7, 11) is 0. The van der Waals surface area contributed by atoms with Gasteiger partial charge in [-0.1, -0.05) is 0 Å². The van der Waals surface area contributed by atoms with Gasteiger partial charge in [-0.15, -0.1) is 0 Å². The molecule has 0 atom stereocenters. The molecule has 1 aliphatic rings. The molecule has 2 aromatic heterocycles. The Balaban J connectivity index is 1.42. The molecule has 0 unspecified atom stereocenters. The second-order valence-electron chi connectivity index (χ2n) is 5.19. The lowest BCUT2D eigenvalue weighted by Crippen LogP contribution is -2.52. The molecule has 2 aromatic rings. The van der Waals surface area contributed by atoms with Crippen molar-refractivity contribution in [3.05, 3.63) is 43.1 Å². The Morgan fingerprint density at radius 3 is 2.59 bits per heavy atom. The van der Waals surface area contributed by atoms with E-state index in [2.05, 4.69) is 20.2 Å². The van der Waals surface area contributed by atoms with Crippen LogP contribution < -0.4 is 10.2 Å². The number of nitrogens with zero attached hydrogens (tertiary/aromatic N) is 5. The number of nitrogens with one attached hydrogen (secondary N) is 1. The van der Waals surface area contributed by atoms with Crippen LogP contribution >= 0.6 is 0 Å². The highest BCUT2D eigenvalue weighted by Crippen LogP contribution is 2.11. The molecule has 0 radical (unpaired) electrons. The number of hydrogen-bond acceptors (Lipinski definition) is 4. The van der Waals surface area contributed by atoms with E-state index in [1.165, 1.54) is 0 Å². The van der Waals surface area contributed by atoms with Crippen LogP contribution in [0.1, 0.15) is 0 Å². The summed E-state index contributed by atoms with van der Waals surface area (Å²) in [6.07, 6.45) is 9.10. The van der Waals surface area contributed by atoms with Gasteiger partial charge in [0.15, 0.2) is 0 Å². The van der Waals surface area contributed by atoms with E-state index in [9.17, 15) is 4.79 Å². The molecule has 1 fully saturated rings. The number of amides is 2. The quantitative estimate of drug-likeness (QED) is 0.907. The summed E-state index contributed by atoms with van der Waals surface area (Å²) in [6.45, 7) is 4.39. The zero-order valence-electron chi connectivity index (χ0n) is 12.4. The zero-order valence-corrected chi connectivity index (χ0v) is 12.4. The average Bonchev–Trinajstić information content (AvgIpc) is 3.09. The lowest BCUT2D eigenvalue weighted by Gasteiger charge is -2.35. The summed E-state index contributed by atoms with van der Waals surface area (Å²) in [5.41, 5.74) is 0. The van der Waals surface area contributed by atoms with E-state index < -0.39 is 0 Å². The highest BCUT2D eigenvalue weighted by Gasteiger charge is 2.21. The largest absolute Gasteiger partial charge is 0.353 e. The van der Waals surface area contributed by atoms with E-state index in [-0.39, 0.29) is 6.03 Å². The van der Waals surface area contributed by atoms with E-state index in [1.807, 2.05) is 34.0 Å². The maximum absolute atomic E-state index is 12.1. The van der Waals surface area contributed by atoms with E-state index in [0.29, 0.717) is 19.6 Å². The van der Waals surface area contributed by atoms with Crippen LogP contribution in [0.15, 0.2) is 43.1 Å². The molecule has 0 aliphatic carbocycles. The fourth-order valence-corrected chi connectivity index (χ4v) is 2.52. The van der Waals surface area contributed by atoms with Crippen LogP contribution in [0.5, 0.6) is 0 Å². The molecule has 7 nitrogen and oxygen atoms in total. The molecule has 3 rings (SSSR count). The minimum Gasteiger partial charge on any atom is -0.353 e. The molecule has 2 amide bonds. The summed E-state index contributed by atoms with van der Waals surface area (Å²) in [5, 5.41) is 2.96.